The van der Waals surface area contributed by atoms with E-state index in [1.54, 1.807) is 6.07 Å². The number of hydrogen-bond acceptors (Lipinski definition) is 7. The monoisotopic (exact) mass is 246 g/mol. The molecule has 5 atom stereocenters. The lowest BCUT2D eigenvalue weighted by molar-refractivity contribution is -0.253. The molecule has 1 fully saturated rings. The Morgan fingerprint density at radius 1 is 1.35 bits per heavy atom. The molecule has 8 heteroatoms. The number of carbonyl (C=O) groups is 1. The number of nitrogens with zero attached hydrogens (tertiary/aromatic N) is 1. The Morgan fingerprint density at radius 2 is 2.00 bits per heavy atom. The third-order valence-corrected chi connectivity index (χ3v) is 2.47. The fraction of sp³-hybridized carbons (Fsp3) is 0.778. The number of rotatable bonds is 3. The fourth-order valence-electron chi connectivity index (χ4n) is 1.56. The van der Waals surface area contributed by atoms with Gasteiger partial charge >= 0.3 is 0 Å². The number of hydrogen-bond donors (Lipinski definition) is 5. The van der Waals surface area contributed by atoms with Crippen LogP contribution in [0.3, 0.4) is 0 Å². The summed E-state index contributed by atoms with van der Waals surface area (Å²) in [5.74, 6) is -0.700. The van der Waals surface area contributed by atoms with Gasteiger partial charge in [0.1, 0.15) is 30.8 Å². The molecule has 0 spiro atoms. The summed E-state index contributed by atoms with van der Waals surface area (Å²) in [4.78, 5) is 11.1. The van der Waals surface area contributed by atoms with Crippen molar-refractivity contribution in [2.45, 2.75) is 37.1 Å². The molecular formula is C9H14N2O6. The second-order valence-electron chi connectivity index (χ2n) is 3.66. The van der Waals surface area contributed by atoms with Crippen molar-refractivity contribution in [2.24, 2.45) is 0 Å². The number of nitrogens with one attached hydrogen (secondary N) is 1. The molecule has 0 aromatic carbocycles. The van der Waals surface area contributed by atoms with E-state index in [9.17, 15) is 20.1 Å². The van der Waals surface area contributed by atoms with E-state index in [0.717, 1.165) is 0 Å². The lowest BCUT2D eigenvalue weighted by Gasteiger charge is -2.40. The summed E-state index contributed by atoms with van der Waals surface area (Å²) in [5, 5.41) is 47.9. The smallest absolute Gasteiger partial charge is 0.234 e. The SMILES string of the molecule is N#CCC(=O)NC1C(O)O[C@H](CO)C(O)[C@@H]1O. The van der Waals surface area contributed by atoms with Crippen LogP contribution >= 0.6 is 0 Å². The molecule has 0 saturated carbocycles. The number of aliphatic hydroxyl groups excluding tert-OH is 4. The van der Waals surface area contributed by atoms with Gasteiger partial charge in [-0.05, 0) is 0 Å². The third-order valence-electron chi connectivity index (χ3n) is 2.47. The van der Waals surface area contributed by atoms with E-state index in [1.165, 1.54) is 0 Å². The highest BCUT2D eigenvalue weighted by Gasteiger charge is 2.44. The van der Waals surface area contributed by atoms with Gasteiger partial charge in [-0.25, -0.2) is 0 Å². The van der Waals surface area contributed by atoms with Crippen LogP contribution < -0.4 is 5.32 Å². The molecular weight excluding hydrogens is 232 g/mol. The molecule has 8 nitrogen and oxygen atoms in total. The normalized spacial score (nSPS) is 37.2. The minimum atomic E-state index is -1.56. The fourth-order valence-corrected chi connectivity index (χ4v) is 1.56. The van der Waals surface area contributed by atoms with Crippen molar-refractivity contribution >= 4 is 5.91 Å². The Morgan fingerprint density at radius 3 is 2.53 bits per heavy atom. The molecule has 0 aromatic rings. The molecule has 1 aliphatic heterocycles. The van der Waals surface area contributed by atoms with Crippen molar-refractivity contribution in [3.8, 4) is 6.07 Å². The van der Waals surface area contributed by atoms with Crippen molar-refractivity contribution in [3.63, 3.8) is 0 Å². The maximum atomic E-state index is 11.1. The van der Waals surface area contributed by atoms with Gasteiger partial charge in [-0.2, -0.15) is 5.26 Å². The van der Waals surface area contributed by atoms with E-state index < -0.39 is 49.6 Å². The predicted molar refractivity (Wildman–Crippen MR) is 52.1 cm³/mol. The molecule has 1 aliphatic rings. The van der Waals surface area contributed by atoms with E-state index in [0.29, 0.717) is 0 Å². The van der Waals surface area contributed by atoms with Gasteiger partial charge in [0.05, 0.1) is 12.7 Å². The van der Waals surface area contributed by atoms with E-state index >= 15 is 0 Å². The van der Waals surface area contributed by atoms with Crippen LogP contribution in [0.4, 0.5) is 0 Å². The Balaban J connectivity index is 2.67. The lowest BCUT2D eigenvalue weighted by Crippen LogP contribution is -2.64. The van der Waals surface area contributed by atoms with Crippen molar-refractivity contribution in [1.29, 1.82) is 5.26 Å². The molecule has 0 bridgehead atoms. The largest absolute Gasteiger partial charge is 0.394 e. The van der Waals surface area contributed by atoms with Crippen LogP contribution in [-0.2, 0) is 9.53 Å². The van der Waals surface area contributed by atoms with E-state index in [1.807, 2.05) is 0 Å². The highest BCUT2D eigenvalue weighted by molar-refractivity contribution is 5.78. The minimum Gasteiger partial charge on any atom is -0.394 e. The second-order valence-corrected chi connectivity index (χ2v) is 3.66. The highest BCUT2D eigenvalue weighted by atomic mass is 16.6. The average Bonchev–Trinajstić information content (AvgIpc) is 2.29. The van der Waals surface area contributed by atoms with Gasteiger partial charge in [0.15, 0.2) is 6.29 Å². The summed E-state index contributed by atoms with van der Waals surface area (Å²) in [6.07, 6.45) is -6.04. The predicted octanol–water partition coefficient (Wildman–Crippen LogP) is -3.18. The summed E-state index contributed by atoms with van der Waals surface area (Å²) < 4.78 is 4.81. The van der Waals surface area contributed by atoms with Gasteiger partial charge < -0.3 is 30.5 Å². The van der Waals surface area contributed by atoms with Crippen molar-refractivity contribution in [3.05, 3.63) is 0 Å². The second kappa shape index (κ2) is 5.90. The Bertz CT molecular complexity index is 317. The number of aliphatic hydroxyl groups is 4. The number of ether oxygens (including phenoxy) is 1. The van der Waals surface area contributed by atoms with Gasteiger partial charge in [-0.3, -0.25) is 4.79 Å². The lowest BCUT2D eigenvalue weighted by atomic mass is 9.97. The van der Waals surface area contributed by atoms with Crippen LogP contribution in [0.2, 0.25) is 0 Å². The molecule has 1 heterocycles. The van der Waals surface area contributed by atoms with E-state index in [-0.39, 0.29) is 0 Å². The van der Waals surface area contributed by atoms with Crippen molar-refractivity contribution < 1.29 is 30.0 Å². The number of nitriles is 1. The molecule has 0 aromatic heterocycles. The molecule has 96 valence electrons. The number of amides is 1. The van der Waals surface area contributed by atoms with Gasteiger partial charge in [0.25, 0.3) is 0 Å². The number of carbonyl (C=O) groups excluding carboxylic acids is 1. The van der Waals surface area contributed by atoms with Crippen LogP contribution in [0, 0.1) is 11.3 Å². The van der Waals surface area contributed by atoms with Crippen LogP contribution in [0.15, 0.2) is 0 Å². The van der Waals surface area contributed by atoms with Crippen molar-refractivity contribution in [2.75, 3.05) is 6.61 Å². The molecule has 1 saturated heterocycles. The zero-order valence-electron chi connectivity index (χ0n) is 8.85. The third kappa shape index (κ3) is 3.12. The summed E-state index contributed by atoms with van der Waals surface area (Å²) in [5.41, 5.74) is 0. The molecule has 0 radical (unpaired) electrons. The molecule has 1 rings (SSSR count). The first-order valence-electron chi connectivity index (χ1n) is 4.98. The topological polar surface area (TPSA) is 143 Å². The van der Waals surface area contributed by atoms with E-state index in [4.69, 9.17) is 15.1 Å². The minimum absolute atomic E-state index is 0.435. The first kappa shape index (κ1) is 13.8. The van der Waals surface area contributed by atoms with Crippen LogP contribution in [-0.4, -0.2) is 63.6 Å². The standard InChI is InChI=1S/C9H14N2O6/c10-2-1-5(13)11-6-8(15)7(14)4(3-12)17-9(6)16/h4,6-9,12,14-16H,1,3H2,(H,11,13)/t4-,6?,7?,8-,9?/m1/s1. The molecule has 5 N–H and O–H groups in total. The Hall–Kier alpha value is -1.24. The van der Waals surface area contributed by atoms with Crippen LogP contribution in [0.1, 0.15) is 6.42 Å². The quantitative estimate of drug-likeness (QED) is 0.353. The maximum absolute atomic E-state index is 11.1. The first-order valence-corrected chi connectivity index (χ1v) is 4.98. The van der Waals surface area contributed by atoms with Gasteiger partial charge in [-0.15, -0.1) is 0 Å². The van der Waals surface area contributed by atoms with Gasteiger partial charge in [0.2, 0.25) is 5.91 Å². The van der Waals surface area contributed by atoms with Crippen LogP contribution in [0.5, 0.6) is 0 Å². The van der Waals surface area contributed by atoms with Crippen molar-refractivity contribution in [1.82, 2.24) is 5.32 Å². The molecule has 17 heavy (non-hydrogen) atoms. The zero-order chi connectivity index (χ0) is 13.0. The Kier molecular flexibility index (Phi) is 4.80. The zero-order valence-corrected chi connectivity index (χ0v) is 8.85. The van der Waals surface area contributed by atoms with Gasteiger partial charge in [-0.1, -0.05) is 0 Å². The average molecular weight is 246 g/mol. The van der Waals surface area contributed by atoms with E-state index in [2.05, 4.69) is 5.32 Å². The van der Waals surface area contributed by atoms with Crippen LogP contribution in [0.25, 0.3) is 0 Å². The maximum Gasteiger partial charge on any atom is 0.234 e. The summed E-state index contributed by atoms with van der Waals surface area (Å²) in [6.45, 7) is -0.575. The van der Waals surface area contributed by atoms with Gasteiger partial charge in [0, 0.05) is 0 Å². The molecule has 3 unspecified atom stereocenters. The summed E-state index contributed by atoms with van der Waals surface area (Å²) in [7, 11) is 0. The highest BCUT2D eigenvalue weighted by Crippen LogP contribution is 2.19. The molecule has 1 amide bonds. The Labute approximate surface area is 97.0 Å². The first-order chi connectivity index (χ1) is 8.01. The molecule has 0 aliphatic carbocycles. The summed E-state index contributed by atoms with van der Waals surface area (Å²) >= 11 is 0. The summed E-state index contributed by atoms with van der Waals surface area (Å²) in [6, 6.07) is 0.357.